The van der Waals surface area contributed by atoms with Crippen molar-refractivity contribution in [1.29, 1.82) is 0 Å². The Hall–Kier alpha value is -0.530. The van der Waals surface area contributed by atoms with Crippen molar-refractivity contribution in [3.63, 3.8) is 0 Å². The van der Waals surface area contributed by atoms with Crippen molar-refractivity contribution in [1.82, 2.24) is 4.90 Å². The second-order valence-corrected chi connectivity index (χ2v) is 7.02. The first-order valence-electron chi connectivity index (χ1n) is 7.04. The van der Waals surface area contributed by atoms with Crippen LogP contribution >= 0.6 is 0 Å². The molecule has 0 aromatic rings. The number of amides is 1. The number of hydrogen-bond acceptors (Lipinski definition) is 1. The van der Waals surface area contributed by atoms with Crippen LogP contribution in [0.5, 0.6) is 0 Å². The molecule has 1 amide bonds. The van der Waals surface area contributed by atoms with Crippen molar-refractivity contribution in [2.24, 2.45) is 41.4 Å². The third kappa shape index (κ3) is 0.657. The van der Waals surface area contributed by atoms with E-state index in [2.05, 4.69) is 4.90 Å². The highest BCUT2D eigenvalue weighted by molar-refractivity contribution is 5.87. The third-order valence-electron chi connectivity index (χ3n) is 6.93. The molecule has 5 aliphatic rings. The Morgan fingerprint density at radius 1 is 1.06 bits per heavy atom. The predicted octanol–water partition coefficient (Wildman–Crippen LogP) is 1.76. The molecular weight excluding hydrogens is 198 g/mol. The Kier molecular flexibility index (Phi) is 1.25. The third-order valence-corrected chi connectivity index (χ3v) is 6.93. The fraction of sp³-hybridized carbons (Fsp3) is 0.929. The van der Waals surface area contributed by atoms with Gasteiger partial charge >= 0.3 is 0 Å². The van der Waals surface area contributed by atoms with Crippen molar-refractivity contribution < 1.29 is 4.79 Å². The summed E-state index contributed by atoms with van der Waals surface area (Å²) in [5, 5.41) is 0. The first-order chi connectivity index (χ1) is 7.77. The van der Waals surface area contributed by atoms with Gasteiger partial charge in [0, 0.05) is 13.1 Å². The topological polar surface area (TPSA) is 20.3 Å². The van der Waals surface area contributed by atoms with Gasteiger partial charge in [0.2, 0.25) is 5.91 Å². The summed E-state index contributed by atoms with van der Waals surface area (Å²) >= 11 is 0. The number of nitrogens with zero attached hydrogens (tertiary/aromatic N) is 1. The summed E-state index contributed by atoms with van der Waals surface area (Å²) in [4.78, 5) is 14.0. The maximum atomic E-state index is 12.0. The van der Waals surface area contributed by atoms with Crippen LogP contribution in [0.2, 0.25) is 0 Å². The number of β-lactam (4-membered cyclic amide) rings is 1. The number of rotatable bonds is 0. The number of likely N-dealkylation sites (tertiary alicyclic amines) is 1. The zero-order chi connectivity index (χ0) is 10.6. The highest BCUT2D eigenvalue weighted by atomic mass is 16.2. The van der Waals surface area contributed by atoms with Crippen LogP contribution in [0.15, 0.2) is 0 Å². The van der Waals surface area contributed by atoms with Crippen LogP contribution in [0.3, 0.4) is 0 Å². The van der Waals surface area contributed by atoms with Gasteiger partial charge in [0.1, 0.15) is 0 Å². The minimum Gasteiger partial charge on any atom is -0.341 e. The first kappa shape index (κ1) is 8.54. The summed E-state index contributed by atoms with van der Waals surface area (Å²) in [6.45, 7) is 0. The number of carbonyl (C=O) groups excluding carboxylic acids is 1. The molecule has 2 nitrogen and oxygen atoms in total. The summed E-state index contributed by atoms with van der Waals surface area (Å²) in [7, 11) is 2.03. The molecule has 4 saturated carbocycles. The number of carbonyl (C=O) groups is 1. The lowest BCUT2D eigenvalue weighted by Gasteiger charge is -2.53. The van der Waals surface area contributed by atoms with Crippen LogP contribution < -0.4 is 0 Å². The molecule has 4 bridgehead atoms. The SMILES string of the molecule is CN1C(=O)C2C3CC(C4C5CCC(C5)C34)C21. The lowest BCUT2D eigenvalue weighted by Crippen LogP contribution is -2.64. The van der Waals surface area contributed by atoms with Gasteiger partial charge < -0.3 is 4.90 Å². The standard InChI is InChI=1S/C14H19NO/c1-15-13-9-5-8(12(13)14(15)16)10-6-2-3-7(4-6)11(9)10/h6-13H,2-5H2,1H3. The Balaban J connectivity index is 1.59. The van der Waals surface area contributed by atoms with Gasteiger partial charge in [0.15, 0.2) is 0 Å². The van der Waals surface area contributed by atoms with Crippen LogP contribution in [-0.2, 0) is 4.79 Å². The van der Waals surface area contributed by atoms with E-state index in [1.54, 1.807) is 0 Å². The van der Waals surface area contributed by atoms with E-state index in [1.165, 1.54) is 25.7 Å². The average Bonchev–Trinajstić information content (AvgIpc) is 3.02. The van der Waals surface area contributed by atoms with Crippen LogP contribution in [0.1, 0.15) is 25.7 Å². The van der Waals surface area contributed by atoms with Crippen LogP contribution in [0.25, 0.3) is 0 Å². The van der Waals surface area contributed by atoms with Gasteiger partial charge in [-0.1, -0.05) is 0 Å². The summed E-state index contributed by atoms with van der Waals surface area (Å²) in [6.07, 6.45) is 5.90. The molecule has 0 radical (unpaired) electrons. The predicted molar refractivity (Wildman–Crippen MR) is 59.5 cm³/mol. The van der Waals surface area contributed by atoms with Crippen LogP contribution in [0.4, 0.5) is 0 Å². The summed E-state index contributed by atoms with van der Waals surface area (Å²) in [5.74, 6) is 6.72. The monoisotopic (exact) mass is 217 g/mol. The summed E-state index contributed by atoms with van der Waals surface area (Å²) in [5.41, 5.74) is 0. The van der Waals surface area contributed by atoms with E-state index in [1.807, 2.05) is 7.05 Å². The second-order valence-electron chi connectivity index (χ2n) is 7.02. The molecule has 16 heavy (non-hydrogen) atoms. The first-order valence-corrected chi connectivity index (χ1v) is 7.04. The summed E-state index contributed by atoms with van der Waals surface area (Å²) < 4.78 is 0. The number of hydrogen-bond donors (Lipinski definition) is 0. The van der Waals surface area contributed by atoms with Gasteiger partial charge in [0.05, 0.1) is 5.92 Å². The van der Waals surface area contributed by atoms with Crippen molar-refractivity contribution in [3.05, 3.63) is 0 Å². The van der Waals surface area contributed by atoms with Gasteiger partial charge in [-0.3, -0.25) is 4.79 Å². The van der Waals surface area contributed by atoms with E-state index in [-0.39, 0.29) is 0 Å². The van der Waals surface area contributed by atoms with Crippen molar-refractivity contribution in [2.75, 3.05) is 7.05 Å². The van der Waals surface area contributed by atoms with E-state index in [0.717, 1.165) is 35.5 Å². The Morgan fingerprint density at radius 3 is 2.50 bits per heavy atom. The van der Waals surface area contributed by atoms with E-state index < -0.39 is 0 Å². The van der Waals surface area contributed by atoms with Crippen molar-refractivity contribution in [3.8, 4) is 0 Å². The van der Waals surface area contributed by atoms with Gasteiger partial charge in [-0.05, 0) is 61.2 Å². The molecule has 0 aromatic carbocycles. The van der Waals surface area contributed by atoms with Gasteiger partial charge in [-0.25, -0.2) is 0 Å². The van der Waals surface area contributed by atoms with Gasteiger partial charge in [-0.2, -0.15) is 0 Å². The highest BCUT2D eigenvalue weighted by Gasteiger charge is 2.71. The maximum absolute atomic E-state index is 12.0. The van der Waals surface area contributed by atoms with E-state index in [4.69, 9.17) is 0 Å². The lowest BCUT2D eigenvalue weighted by atomic mass is 9.62. The molecule has 86 valence electrons. The number of fused-ring (bicyclic) bond motifs is 12. The zero-order valence-electron chi connectivity index (χ0n) is 9.80. The normalized spacial score (nSPS) is 64.8. The highest BCUT2D eigenvalue weighted by Crippen LogP contribution is 2.71. The fourth-order valence-electron chi connectivity index (χ4n) is 6.71. The van der Waals surface area contributed by atoms with E-state index >= 15 is 0 Å². The average molecular weight is 217 g/mol. The quantitative estimate of drug-likeness (QED) is 0.447. The van der Waals surface area contributed by atoms with Crippen LogP contribution in [-0.4, -0.2) is 23.9 Å². The molecule has 1 aliphatic heterocycles. The summed E-state index contributed by atoms with van der Waals surface area (Å²) in [6, 6.07) is 0.665. The molecule has 8 atom stereocenters. The second kappa shape index (κ2) is 2.34. The molecule has 5 rings (SSSR count). The molecule has 5 fully saturated rings. The van der Waals surface area contributed by atoms with Gasteiger partial charge in [-0.15, -0.1) is 0 Å². The van der Waals surface area contributed by atoms with Crippen LogP contribution in [0, 0.1) is 41.4 Å². The molecule has 0 N–H and O–H groups in total. The Morgan fingerprint density at radius 2 is 1.75 bits per heavy atom. The largest absolute Gasteiger partial charge is 0.341 e. The zero-order valence-corrected chi connectivity index (χ0v) is 9.80. The van der Waals surface area contributed by atoms with E-state index in [0.29, 0.717) is 17.9 Å². The smallest absolute Gasteiger partial charge is 0.228 e. The lowest BCUT2D eigenvalue weighted by molar-refractivity contribution is -0.163. The fourth-order valence-corrected chi connectivity index (χ4v) is 6.71. The molecule has 2 heteroatoms. The molecule has 0 spiro atoms. The minimum absolute atomic E-state index is 0.468. The molecular formula is C14H19NO. The molecule has 1 heterocycles. The minimum atomic E-state index is 0.468. The van der Waals surface area contributed by atoms with Gasteiger partial charge in [0.25, 0.3) is 0 Å². The molecule has 4 aliphatic carbocycles. The van der Waals surface area contributed by atoms with E-state index in [9.17, 15) is 4.79 Å². The molecule has 1 saturated heterocycles. The Bertz CT molecular complexity index is 392. The molecule has 0 aromatic heterocycles. The van der Waals surface area contributed by atoms with Crippen molar-refractivity contribution >= 4 is 5.91 Å². The Labute approximate surface area is 96.4 Å². The molecule has 8 unspecified atom stereocenters. The van der Waals surface area contributed by atoms with Crippen molar-refractivity contribution in [2.45, 2.75) is 31.7 Å². The maximum Gasteiger partial charge on any atom is 0.228 e.